The van der Waals surface area contributed by atoms with E-state index in [9.17, 15) is 24.3 Å². The van der Waals surface area contributed by atoms with Crippen LogP contribution in [0.3, 0.4) is 0 Å². The second-order valence-electron chi connectivity index (χ2n) is 11.2. The van der Waals surface area contributed by atoms with Gasteiger partial charge in [0.25, 0.3) is 5.91 Å². The van der Waals surface area contributed by atoms with E-state index in [1.165, 1.54) is 12.0 Å². The first-order valence-corrected chi connectivity index (χ1v) is 15.4. The average Bonchev–Trinajstić information content (AvgIpc) is 3.70. The number of ether oxygens (including phenoxy) is 1. The molecule has 13 nitrogen and oxygen atoms in total. The van der Waals surface area contributed by atoms with Gasteiger partial charge in [-0.05, 0) is 30.7 Å². The fourth-order valence-corrected chi connectivity index (χ4v) is 6.56. The van der Waals surface area contributed by atoms with E-state index < -0.39 is 12.0 Å². The van der Waals surface area contributed by atoms with Gasteiger partial charge in [0.1, 0.15) is 0 Å². The molecule has 2 aliphatic heterocycles. The van der Waals surface area contributed by atoms with Gasteiger partial charge in [-0.3, -0.25) is 19.4 Å². The minimum Gasteiger partial charge on any atom is -0.480 e. The zero-order valence-electron chi connectivity index (χ0n) is 25.4. The Kier molecular flexibility index (Phi) is 8.84. The number of hydrogen-bond acceptors (Lipinski definition) is 8. The fourth-order valence-electron chi connectivity index (χ4n) is 5.99. The number of methoxy groups -OCH3 is 1. The van der Waals surface area contributed by atoms with Gasteiger partial charge in [0, 0.05) is 56.1 Å². The number of nitrogens with one attached hydrogen (secondary N) is 1. The largest absolute Gasteiger partial charge is 0.480 e. The minimum atomic E-state index is -1.03. The molecule has 5 heterocycles. The molecule has 0 unspecified atom stereocenters. The summed E-state index contributed by atoms with van der Waals surface area (Å²) < 4.78 is 6.95. The monoisotopic (exact) mass is 677 g/mol. The van der Waals surface area contributed by atoms with Crippen LogP contribution in [-0.4, -0.2) is 85.4 Å². The number of anilines is 1. The van der Waals surface area contributed by atoms with Crippen molar-refractivity contribution in [2.24, 2.45) is 13.0 Å². The Morgan fingerprint density at radius 2 is 1.85 bits per heavy atom. The first-order valence-electron chi connectivity index (χ1n) is 14.7. The van der Waals surface area contributed by atoms with Crippen molar-refractivity contribution in [3.63, 3.8) is 0 Å². The summed E-state index contributed by atoms with van der Waals surface area (Å²) in [6.45, 7) is 1.19. The predicted molar refractivity (Wildman–Crippen MR) is 173 cm³/mol. The number of carbonyl (C=O) groups excluding carboxylic acids is 3. The molecule has 0 aliphatic carbocycles. The third kappa shape index (κ3) is 5.99. The number of likely N-dealkylation sites (tertiary alicyclic amines) is 1. The van der Waals surface area contributed by atoms with Gasteiger partial charge in [0.15, 0.2) is 12.1 Å². The van der Waals surface area contributed by atoms with Gasteiger partial charge in [-0.1, -0.05) is 35.3 Å². The molecule has 0 saturated carbocycles. The van der Waals surface area contributed by atoms with Crippen LogP contribution in [0.15, 0.2) is 42.6 Å². The molecule has 2 N–H and O–H groups in total. The van der Waals surface area contributed by atoms with Gasteiger partial charge in [-0.2, -0.15) is 0 Å². The Hall–Kier alpha value is -5.01. The summed E-state index contributed by atoms with van der Waals surface area (Å²) in [5.41, 5.74) is 3.90. The number of benzene rings is 1. The SMILES string of the molecule is COc1nc(-c2ccnc(-c3cccc(NC(=O)c4nc5c(n4C)CCN(C(=O)[C@H]4CCN(C(=O)O)C4)C5)c3Cl)c2Cl)ccc1C=O. The highest BCUT2D eigenvalue weighted by Crippen LogP contribution is 2.40. The van der Waals surface area contributed by atoms with E-state index in [-0.39, 0.29) is 46.7 Å². The number of halogens is 2. The lowest BCUT2D eigenvalue weighted by molar-refractivity contribution is -0.136. The summed E-state index contributed by atoms with van der Waals surface area (Å²) in [5.74, 6) is -0.680. The maximum absolute atomic E-state index is 13.5. The van der Waals surface area contributed by atoms with Crippen LogP contribution in [0.1, 0.15) is 38.8 Å². The Morgan fingerprint density at radius 3 is 2.57 bits per heavy atom. The normalized spacial score (nSPS) is 15.7. The smallest absolute Gasteiger partial charge is 0.407 e. The highest BCUT2D eigenvalue weighted by molar-refractivity contribution is 6.39. The van der Waals surface area contributed by atoms with Crippen LogP contribution < -0.4 is 10.1 Å². The van der Waals surface area contributed by atoms with Crippen molar-refractivity contribution in [1.29, 1.82) is 0 Å². The first kappa shape index (κ1) is 32.0. The van der Waals surface area contributed by atoms with E-state index >= 15 is 0 Å². The molecule has 6 rings (SSSR count). The Morgan fingerprint density at radius 1 is 1.04 bits per heavy atom. The van der Waals surface area contributed by atoms with Gasteiger partial charge in [-0.25, -0.2) is 14.8 Å². The number of carbonyl (C=O) groups is 4. The lowest BCUT2D eigenvalue weighted by Gasteiger charge is -2.29. The number of carboxylic acid groups (broad SMARTS) is 1. The molecule has 242 valence electrons. The molecule has 2 aliphatic rings. The zero-order chi connectivity index (χ0) is 33.4. The van der Waals surface area contributed by atoms with Crippen LogP contribution in [0.4, 0.5) is 10.5 Å². The number of pyridine rings is 2. The Bertz CT molecular complexity index is 1930. The van der Waals surface area contributed by atoms with Crippen molar-refractivity contribution in [2.45, 2.75) is 19.4 Å². The van der Waals surface area contributed by atoms with Crippen molar-refractivity contribution in [1.82, 2.24) is 29.3 Å². The number of imidazole rings is 1. The van der Waals surface area contributed by atoms with E-state index in [1.807, 2.05) is 0 Å². The fraction of sp³-hybridized carbons (Fsp3) is 0.281. The molecule has 15 heteroatoms. The van der Waals surface area contributed by atoms with Crippen LogP contribution in [0.2, 0.25) is 10.0 Å². The van der Waals surface area contributed by atoms with Crippen molar-refractivity contribution in [3.05, 3.63) is 75.4 Å². The standard InChI is InChI=1S/C32H29Cl2N7O6/c1-39-24-10-13-40(31(44)17-9-12-41(14-17)32(45)46)15-23(24)36-28(39)29(43)37-22-5-3-4-20(25(22)33)27-26(34)19(8-11-35-27)21-7-6-18(16-42)30(38-21)47-2/h3-8,11,16-17H,9-10,12-15H2,1-2H3,(H,37,43)(H,45,46)/t17-/m0/s1. The van der Waals surface area contributed by atoms with E-state index in [0.29, 0.717) is 71.7 Å². The lowest BCUT2D eigenvalue weighted by Crippen LogP contribution is -2.41. The Labute approximate surface area is 279 Å². The van der Waals surface area contributed by atoms with Crippen molar-refractivity contribution < 1.29 is 29.0 Å². The number of nitrogens with zero attached hydrogens (tertiary/aromatic N) is 6. The number of aromatic nitrogens is 4. The summed E-state index contributed by atoms with van der Waals surface area (Å²) in [4.78, 5) is 65.7. The van der Waals surface area contributed by atoms with Crippen molar-refractivity contribution in [3.8, 4) is 28.4 Å². The molecule has 1 fully saturated rings. The lowest BCUT2D eigenvalue weighted by atomic mass is 10.0. The number of rotatable bonds is 7. The van der Waals surface area contributed by atoms with Crippen LogP contribution in [0, 0.1) is 5.92 Å². The van der Waals surface area contributed by atoms with Crippen LogP contribution >= 0.6 is 23.2 Å². The maximum Gasteiger partial charge on any atom is 0.407 e. The van der Waals surface area contributed by atoms with Gasteiger partial charge < -0.3 is 29.5 Å². The number of aldehydes is 1. The molecule has 1 atom stereocenters. The zero-order valence-corrected chi connectivity index (χ0v) is 26.9. The van der Waals surface area contributed by atoms with Crippen LogP contribution in [0.25, 0.3) is 22.5 Å². The number of hydrogen-bond donors (Lipinski definition) is 2. The van der Waals surface area contributed by atoms with E-state index in [0.717, 1.165) is 5.69 Å². The predicted octanol–water partition coefficient (Wildman–Crippen LogP) is 4.81. The average molecular weight is 679 g/mol. The summed E-state index contributed by atoms with van der Waals surface area (Å²) in [6.07, 6.45) is 2.17. The number of amides is 3. The Balaban J connectivity index is 1.22. The van der Waals surface area contributed by atoms with Crippen molar-refractivity contribution >= 4 is 53.1 Å². The third-order valence-electron chi connectivity index (χ3n) is 8.46. The highest BCUT2D eigenvalue weighted by Gasteiger charge is 2.36. The van der Waals surface area contributed by atoms with Crippen LogP contribution in [-0.2, 0) is 24.8 Å². The molecular weight excluding hydrogens is 649 g/mol. The maximum atomic E-state index is 13.5. The van der Waals surface area contributed by atoms with Crippen molar-refractivity contribution in [2.75, 3.05) is 32.1 Å². The van der Waals surface area contributed by atoms with Gasteiger partial charge in [0.05, 0.1) is 58.0 Å². The molecule has 0 radical (unpaired) electrons. The second kappa shape index (κ2) is 13.0. The van der Waals surface area contributed by atoms with E-state index in [1.54, 1.807) is 59.1 Å². The molecule has 1 saturated heterocycles. The molecular formula is C32H29Cl2N7O6. The molecule has 3 amide bonds. The molecule has 4 aromatic rings. The second-order valence-corrected chi connectivity index (χ2v) is 11.9. The molecule has 47 heavy (non-hydrogen) atoms. The van der Waals surface area contributed by atoms with E-state index in [4.69, 9.17) is 27.9 Å². The molecule has 1 aromatic carbocycles. The summed E-state index contributed by atoms with van der Waals surface area (Å²) in [7, 11) is 3.17. The van der Waals surface area contributed by atoms with Crippen LogP contribution in [0.5, 0.6) is 5.88 Å². The summed E-state index contributed by atoms with van der Waals surface area (Å²) in [5, 5.41) is 12.6. The molecule has 3 aromatic heterocycles. The first-order chi connectivity index (χ1) is 22.6. The van der Waals surface area contributed by atoms with Gasteiger partial charge in [-0.15, -0.1) is 0 Å². The molecule has 0 bridgehead atoms. The summed E-state index contributed by atoms with van der Waals surface area (Å²) in [6, 6.07) is 10.0. The minimum absolute atomic E-state index is 0.108. The van der Waals surface area contributed by atoms with Gasteiger partial charge >= 0.3 is 6.09 Å². The highest BCUT2D eigenvalue weighted by atomic mass is 35.5. The third-order valence-corrected chi connectivity index (χ3v) is 9.25. The number of fused-ring (bicyclic) bond motifs is 1. The van der Waals surface area contributed by atoms with E-state index in [2.05, 4.69) is 20.3 Å². The summed E-state index contributed by atoms with van der Waals surface area (Å²) >= 11 is 13.6. The topological polar surface area (TPSA) is 160 Å². The van der Waals surface area contributed by atoms with Gasteiger partial charge in [0.2, 0.25) is 11.8 Å². The molecule has 0 spiro atoms. The quantitative estimate of drug-likeness (QED) is 0.262.